The van der Waals surface area contributed by atoms with Gasteiger partial charge < -0.3 is 0 Å². The smallest absolute Gasteiger partial charge is 0.0121 e. The van der Waals surface area contributed by atoms with E-state index in [1.165, 1.54) is 38.5 Å². The van der Waals surface area contributed by atoms with Gasteiger partial charge in [0.15, 0.2) is 0 Å². The second kappa shape index (κ2) is 2.52. The van der Waals surface area contributed by atoms with E-state index in [4.69, 9.17) is 0 Å². The number of hydrogen-bond donors (Lipinski definition) is 0. The molecular weight excluding hydrogens is 180 g/mol. The first-order chi connectivity index (χ1) is 6.93. The average Bonchev–Trinajstić information content (AvgIpc) is 2.88. The monoisotopic (exact) mass is 204 g/mol. The van der Waals surface area contributed by atoms with Crippen LogP contribution in [-0.4, -0.2) is 0 Å². The molecule has 0 aliphatic heterocycles. The molecule has 0 amide bonds. The lowest BCUT2D eigenvalue weighted by Gasteiger charge is -2.55. The number of allylic oxidation sites excluding steroid dienone is 1. The lowest BCUT2D eigenvalue weighted by molar-refractivity contribution is -0.0469. The summed E-state index contributed by atoms with van der Waals surface area (Å²) < 4.78 is 0. The Labute approximate surface area is 94.1 Å². The summed E-state index contributed by atoms with van der Waals surface area (Å²) in [5.41, 5.74) is 3.42. The molecule has 0 nitrogen and oxygen atoms in total. The van der Waals surface area contributed by atoms with Gasteiger partial charge in [-0.1, -0.05) is 39.3 Å². The fraction of sp³-hybridized carbons (Fsp3) is 0.867. The van der Waals surface area contributed by atoms with E-state index < -0.39 is 0 Å². The molecule has 84 valence electrons. The van der Waals surface area contributed by atoms with E-state index in [9.17, 15) is 0 Å². The summed E-state index contributed by atoms with van der Waals surface area (Å²) in [5, 5.41) is 0. The topological polar surface area (TPSA) is 0 Å². The van der Waals surface area contributed by atoms with E-state index in [1.807, 2.05) is 0 Å². The second-order valence-corrected chi connectivity index (χ2v) is 7.18. The molecule has 1 spiro atoms. The van der Waals surface area contributed by atoms with Crippen LogP contribution in [-0.2, 0) is 0 Å². The van der Waals surface area contributed by atoms with Gasteiger partial charge in [-0.15, -0.1) is 0 Å². The summed E-state index contributed by atoms with van der Waals surface area (Å²) in [6.45, 7) is 11.9. The lowest BCUT2D eigenvalue weighted by Crippen LogP contribution is -2.47. The average molecular weight is 204 g/mol. The maximum atomic E-state index is 4.32. The maximum Gasteiger partial charge on any atom is -0.0121 e. The van der Waals surface area contributed by atoms with Crippen molar-refractivity contribution in [3.63, 3.8) is 0 Å². The van der Waals surface area contributed by atoms with Crippen molar-refractivity contribution >= 4 is 0 Å². The van der Waals surface area contributed by atoms with Gasteiger partial charge in [0.05, 0.1) is 0 Å². The first-order valence-electron chi connectivity index (χ1n) is 6.61. The second-order valence-electron chi connectivity index (χ2n) is 7.18. The Morgan fingerprint density at radius 3 is 2.60 bits per heavy atom. The molecule has 3 unspecified atom stereocenters. The zero-order valence-electron chi connectivity index (χ0n) is 10.5. The molecule has 0 bridgehead atoms. The molecule has 15 heavy (non-hydrogen) atoms. The third-order valence-electron chi connectivity index (χ3n) is 6.27. The maximum absolute atomic E-state index is 4.32. The normalized spacial score (nSPS) is 51.9. The van der Waals surface area contributed by atoms with Crippen LogP contribution in [0.2, 0.25) is 0 Å². The van der Waals surface area contributed by atoms with Gasteiger partial charge in [-0.05, 0) is 54.3 Å². The highest BCUT2D eigenvalue weighted by Crippen LogP contribution is 2.81. The molecule has 3 fully saturated rings. The van der Waals surface area contributed by atoms with Crippen molar-refractivity contribution in [2.75, 3.05) is 0 Å². The first-order valence-corrected chi connectivity index (χ1v) is 6.61. The molecule has 0 N–H and O–H groups in total. The largest absolute Gasteiger partial charge is 0.0996 e. The van der Waals surface area contributed by atoms with E-state index >= 15 is 0 Å². The van der Waals surface area contributed by atoms with Crippen molar-refractivity contribution < 1.29 is 0 Å². The molecule has 3 aliphatic carbocycles. The number of rotatable bonds is 0. The van der Waals surface area contributed by atoms with Gasteiger partial charge in [0.2, 0.25) is 0 Å². The van der Waals surface area contributed by atoms with E-state index in [-0.39, 0.29) is 0 Å². The predicted octanol–water partition coefficient (Wildman–Crippen LogP) is 4.56. The van der Waals surface area contributed by atoms with Crippen molar-refractivity contribution in [1.29, 1.82) is 0 Å². The van der Waals surface area contributed by atoms with Crippen molar-refractivity contribution in [2.24, 2.45) is 22.2 Å². The minimum absolute atomic E-state index is 0.564. The van der Waals surface area contributed by atoms with Gasteiger partial charge in [0.1, 0.15) is 0 Å². The Morgan fingerprint density at radius 1 is 1.13 bits per heavy atom. The summed E-state index contributed by atoms with van der Waals surface area (Å²) in [5.74, 6) is 0.881. The van der Waals surface area contributed by atoms with Crippen LogP contribution in [0.5, 0.6) is 0 Å². The van der Waals surface area contributed by atoms with Crippen LogP contribution in [0.4, 0.5) is 0 Å². The number of hydrogen-bond acceptors (Lipinski definition) is 0. The molecule has 0 aromatic heterocycles. The summed E-state index contributed by atoms with van der Waals surface area (Å²) in [7, 11) is 0. The van der Waals surface area contributed by atoms with Crippen molar-refractivity contribution in [1.82, 2.24) is 0 Å². The summed E-state index contributed by atoms with van der Waals surface area (Å²) in [6.07, 6.45) is 8.52. The zero-order chi connectivity index (χ0) is 10.9. The van der Waals surface area contributed by atoms with Gasteiger partial charge in [0.25, 0.3) is 0 Å². The third-order valence-corrected chi connectivity index (χ3v) is 6.27. The van der Waals surface area contributed by atoms with Gasteiger partial charge in [-0.25, -0.2) is 0 Å². The van der Waals surface area contributed by atoms with Crippen LogP contribution >= 0.6 is 0 Å². The van der Waals surface area contributed by atoms with Crippen LogP contribution < -0.4 is 0 Å². The van der Waals surface area contributed by atoms with Gasteiger partial charge >= 0.3 is 0 Å². The Balaban J connectivity index is 2.06. The highest BCUT2D eigenvalue weighted by Gasteiger charge is 2.73. The third kappa shape index (κ3) is 0.946. The van der Waals surface area contributed by atoms with Gasteiger partial charge in [0, 0.05) is 0 Å². The summed E-state index contributed by atoms with van der Waals surface area (Å²) >= 11 is 0. The highest BCUT2D eigenvalue weighted by atomic mass is 14.8. The van der Waals surface area contributed by atoms with Crippen molar-refractivity contribution in [3.05, 3.63) is 12.2 Å². The Kier molecular flexibility index (Phi) is 1.67. The van der Waals surface area contributed by atoms with Crippen LogP contribution in [0.1, 0.15) is 59.3 Å². The van der Waals surface area contributed by atoms with Gasteiger partial charge in [-0.2, -0.15) is 0 Å². The zero-order valence-corrected chi connectivity index (χ0v) is 10.5. The molecule has 3 rings (SSSR count). The molecule has 0 aromatic rings. The molecule has 0 radical (unpaired) electrons. The van der Waals surface area contributed by atoms with E-state index in [0.717, 1.165) is 5.92 Å². The summed E-state index contributed by atoms with van der Waals surface area (Å²) in [6, 6.07) is 0. The van der Waals surface area contributed by atoms with Crippen molar-refractivity contribution in [3.8, 4) is 0 Å². The molecule has 3 saturated carbocycles. The molecular formula is C15H24. The molecule has 0 heteroatoms. The van der Waals surface area contributed by atoms with E-state index in [0.29, 0.717) is 16.2 Å². The van der Waals surface area contributed by atoms with Crippen LogP contribution in [0.3, 0.4) is 0 Å². The molecule has 0 saturated heterocycles. The Morgan fingerprint density at radius 2 is 1.87 bits per heavy atom. The Bertz CT molecular complexity index is 325. The van der Waals surface area contributed by atoms with Gasteiger partial charge in [-0.3, -0.25) is 0 Å². The first kappa shape index (κ1) is 9.93. The highest BCUT2D eigenvalue weighted by molar-refractivity contribution is 5.31. The SMILES string of the molecule is C=C1CCC2(C)CCCC(C)(C)C23CC13. The van der Waals surface area contributed by atoms with Crippen LogP contribution in [0, 0.1) is 22.2 Å². The molecule has 3 aliphatic rings. The van der Waals surface area contributed by atoms with Crippen LogP contribution in [0.15, 0.2) is 12.2 Å². The Hall–Kier alpha value is -0.260. The van der Waals surface area contributed by atoms with Crippen molar-refractivity contribution in [2.45, 2.75) is 59.3 Å². The predicted molar refractivity (Wildman–Crippen MR) is 64.7 cm³/mol. The van der Waals surface area contributed by atoms with E-state index in [2.05, 4.69) is 27.4 Å². The van der Waals surface area contributed by atoms with E-state index in [1.54, 1.807) is 5.57 Å². The van der Waals surface area contributed by atoms with Crippen LogP contribution in [0.25, 0.3) is 0 Å². The molecule has 3 atom stereocenters. The summed E-state index contributed by atoms with van der Waals surface area (Å²) in [4.78, 5) is 0. The molecule has 0 heterocycles. The molecule has 0 aromatic carbocycles. The fourth-order valence-corrected chi connectivity index (χ4v) is 5.31. The standard InChI is InChI=1S/C15H24/c1-11-6-9-14(4)8-5-7-13(2,3)15(14)10-12(11)15/h12H,1,5-10H2,2-4H3. The fourth-order valence-electron chi connectivity index (χ4n) is 5.31. The minimum atomic E-state index is 0.564. The lowest BCUT2D eigenvalue weighted by atomic mass is 9.49. The minimum Gasteiger partial charge on any atom is -0.0996 e. The quantitative estimate of drug-likeness (QED) is 0.507.